The summed E-state index contributed by atoms with van der Waals surface area (Å²) in [7, 11) is -3.66. The van der Waals surface area contributed by atoms with E-state index in [9.17, 15) is 8.42 Å². The van der Waals surface area contributed by atoms with E-state index in [0.29, 0.717) is 18.1 Å². The summed E-state index contributed by atoms with van der Waals surface area (Å²) in [6, 6.07) is 5.37. The number of unbranched alkanes of at least 4 members (excludes halogenated alkanes) is 1. The summed E-state index contributed by atoms with van der Waals surface area (Å²) in [5, 5.41) is 0. The van der Waals surface area contributed by atoms with Crippen LogP contribution >= 0.6 is 0 Å². The molecule has 4 nitrogen and oxygen atoms in total. The Morgan fingerprint density at radius 2 is 2.11 bits per heavy atom. The fraction of sp³-hybridized carbons (Fsp3) is 0.571. The zero-order chi connectivity index (χ0) is 13.9. The normalized spacial score (nSPS) is 16.3. The van der Waals surface area contributed by atoms with Crippen LogP contribution in [0.4, 0.5) is 0 Å². The molecule has 1 saturated heterocycles. The van der Waals surface area contributed by atoms with Crippen LogP contribution in [0.15, 0.2) is 23.1 Å². The van der Waals surface area contributed by atoms with Crippen LogP contribution in [-0.4, -0.2) is 28.2 Å². The molecule has 1 aromatic carbocycles. The van der Waals surface area contributed by atoms with Crippen molar-refractivity contribution in [2.24, 2.45) is 0 Å². The fourth-order valence-corrected chi connectivity index (χ4v) is 3.22. The highest BCUT2D eigenvalue weighted by atomic mass is 32.2. The van der Waals surface area contributed by atoms with Crippen LogP contribution in [0.1, 0.15) is 36.8 Å². The monoisotopic (exact) mass is 284 g/mol. The second-order valence-corrected chi connectivity index (χ2v) is 6.49. The van der Waals surface area contributed by atoms with Gasteiger partial charge in [0.1, 0.15) is 0 Å². The largest absolute Gasteiger partial charge is 0.380 e. The van der Waals surface area contributed by atoms with Gasteiger partial charge in [-0.25, -0.2) is 0 Å². The lowest BCUT2D eigenvalue weighted by Gasteiger charge is -2.28. The molecule has 0 bridgehead atoms. The summed E-state index contributed by atoms with van der Waals surface area (Å²) in [6.45, 7) is 5.37. The summed E-state index contributed by atoms with van der Waals surface area (Å²) in [5.74, 6) is 0.166. The molecule has 0 unspecified atom stereocenters. The summed E-state index contributed by atoms with van der Waals surface area (Å²) < 4.78 is 34.7. The molecule has 0 aliphatic carbocycles. The number of aryl methyl sites for hydroxylation is 1. The zero-order valence-corrected chi connectivity index (χ0v) is 12.2. The van der Waals surface area contributed by atoms with Crippen molar-refractivity contribution in [3.63, 3.8) is 0 Å². The van der Waals surface area contributed by atoms with Gasteiger partial charge in [-0.2, -0.15) is 8.42 Å². The maximum atomic E-state index is 12.2. The minimum atomic E-state index is -3.66. The van der Waals surface area contributed by atoms with Gasteiger partial charge in [-0.3, -0.25) is 4.18 Å². The molecular formula is C14H20O4S. The van der Waals surface area contributed by atoms with Crippen molar-refractivity contribution < 1.29 is 17.3 Å². The summed E-state index contributed by atoms with van der Waals surface area (Å²) in [4.78, 5) is 0.294. The molecule has 1 fully saturated rings. The van der Waals surface area contributed by atoms with Gasteiger partial charge in [-0.15, -0.1) is 0 Å². The van der Waals surface area contributed by atoms with Gasteiger partial charge in [0.25, 0.3) is 10.1 Å². The van der Waals surface area contributed by atoms with E-state index in [1.807, 2.05) is 19.9 Å². The van der Waals surface area contributed by atoms with Crippen molar-refractivity contribution in [1.29, 1.82) is 0 Å². The average molecular weight is 284 g/mol. The Morgan fingerprint density at radius 1 is 1.37 bits per heavy atom. The summed E-state index contributed by atoms with van der Waals surface area (Å²) in [6.07, 6.45) is 1.65. The molecule has 0 saturated carbocycles. The molecule has 1 aromatic rings. The minimum Gasteiger partial charge on any atom is -0.380 e. The lowest BCUT2D eigenvalue weighted by molar-refractivity contribution is 0.00724. The average Bonchev–Trinajstić information content (AvgIpc) is 2.26. The van der Waals surface area contributed by atoms with E-state index >= 15 is 0 Å². The number of hydrogen-bond acceptors (Lipinski definition) is 4. The van der Waals surface area contributed by atoms with Gasteiger partial charge < -0.3 is 4.74 Å². The number of rotatable bonds is 6. The van der Waals surface area contributed by atoms with E-state index in [1.165, 1.54) is 0 Å². The predicted octanol–water partition coefficient (Wildman–Crippen LogP) is 2.61. The molecule has 19 heavy (non-hydrogen) atoms. The van der Waals surface area contributed by atoms with Crippen LogP contribution in [0.3, 0.4) is 0 Å². The minimum absolute atomic E-state index is 0.166. The van der Waals surface area contributed by atoms with Crippen molar-refractivity contribution in [3.8, 4) is 0 Å². The first-order valence-corrected chi connectivity index (χ1v) is 8.03. The van der Waals surface area contributed by atoms with Crippen molar-refractivity contribution in [2.75, 3.05) is 19.8 Å². The topological polar surface area (TPSA) is 52.6 Å². The maximum absolute atomic E-state index is 12.2. The van der Waals surface area contributed by atoms with Crippen LogP contribution < -0.4 is 0 Å². The Morgan fingerprint density at radius 3 is 2.68 bits per heavy atom. The first kappa shape index (κ1) is 14.5. The smallest absolute Gasteiger partial charge is 0.297 e. The Hall–Kier alpha value is -0.910. The molecule has 1 heterocycles. The molecule has 0 amide bonds. The number of benzene rings is 1. The highest BCUT2D eigenvalue weighted by Gasteiger charge is 2.28. The van der Waals surface area contributed by atoms with Gasteiger partial charge in [-0.1, -0.05) is 31.0 Å². The van der Waals surface area contributed by atoms with Crippen LogP contribution in [0, 0.1) is 6.92 Å². The molecule has 5 heteroatoms. The molecule has 106 valence electrons. The van der Waals surface area contributed by atoms with Crippen molar-refractivity contribution >= 4 is 10.1 Å². The van der Waals surface area contributed by atoms with E-state index in [0.717, 1.165) is 24.0 Å². The molecule has 0 aromatic heterocycles. The van der Waals surface area contributed by atoms with Crippen LogP contribution in [0.2, 0.25) is 0 Å². The van der Waals surface area contributed by atoms with Crippen LogP contribution in [0.25, 0.3) is 0 Å². The van der Waals surface area contributed by atoms with Gasteiger partial charge in [-0.05, 0) is 25.0 Å². The van der Waals surface area contributed by atoms with Gasteiger partial charge in [0.15, 0.2) is 0 Å². The third-order valence-corrected chi connectivity index (χ3v) is 4.64. The van der Waals surface area contributed by atoms with E-state index in [4.69, 9.17) is 8.92 Å². The van der Waals surface area contributed by atoms with Crippen molar-refractivity contribution in [3.05, 3.63) is 29.3 Å². The van der Waals surface area contributed by atoms with Gasteiger partial charge in [0.2, 0.25) is 0 Å². The second-order valence-electron chi connectivity index (χ2n) is 4.91. The Labute approximate surface area is 114 Å². The number of ether oxygens (including phenoxy) is 1. The van der Waals surface area contributed by atoms with Crippen molar-refractivity contribution in [2.45, 2.75) is 37.5 Å². The standard InChI is InChI=1S/C14H20O4S/c1-3-4-7-18-19(15,16)14-6-5-11(2)8-13(14)12-9-17-10-12/h5-6,8,12H,3-4,7,9-10H2,1-2H3. The first-order chi connectivity index (χ1) is 9.04. The lowest BCUT2D eigenvalue weighted by Crippen LogP contribution is -2.27. The van der Waals surface area contributed by atoms with Gasteiger partial charge >= 0.3 is 0 Å². The van der Waals surface area contributed by atoms with Gasteiger partial charge in [0.05, 0.1) is 24.7 Å². The second kappa shape index (κ2) is 6.03. The quantitative estimate of drug-likeness (QED) is 0.595. The van der Waals surface area contributed by atoms with E-state index in [1.54, 1.807) is 12.1 Å². The predicted molar refractivity (Wildman–Crippen MR) is 72.8 cm³/mol. The van der Waals surface area contributed by atoms with E-state index in [2.05, 4.69) is 0 Å². The lowest BCUT2D eigenvalue weighted by atomic mass is 9.96. The summed E-state index contributed by atoms with van der Waals surface area (Å²) >= 11 is 0. The Balaban J connectivity index is 2.27. The van der Waals surface area contributed by atoms with Crippen LogP contribution in [0.5, 0.6) is 0 Å². The fourth-order valence-electron chi connectivity index (χ4n) is 2.01. The van der Waals surface area contributed by atoms with E-state index in [-0.39, 0.29) is 12.5 Å². The van der Waals surface area contributed by atoms with Crippen molar-refractivity contribution in [1.82, 2.24) is 0 Å². The SMILES string of the molecule is CCCCOS(=O)(=O)c1ccc(C)cc1C1COC1. The Kier molecular flexibility index (Phi) is 4.60. The van der Waals surface area contributed by atoms with Gasteiger partial charge in [0, 0.05) is 5.92 Å². The zero-order valence-electron chi connectivity index (χ0n) is 11.4. The number of hydrogen-bond donors (Lipinski definition) is 0. The molecule has 0 spiro atoms. The molecule has 1 aliphatic rings. The molecular weight excluding hydrogens is 264 g/mol. The molecule has 0 atom stereocenters. The highest BCUT2D eigenvalue weighted by molar-refractivity contribution is 7.86. The summed E-state index contributed by atoms with van der Waals surface area (Å²) in [5.41, 5.74) is 1.87. The molecule has 0 radical (unpaired) electrons. The van der Waals surface area contributed by atoms with Crippen LogP contribution in [-0.2, 0) is 19.0 Å². The third-order valence-electron chi connectivity index (χ3n) is 3.25. The maximum Gasteiger partial charge on any atom is 0.297 e. The van der Waals surface area contributed by atoms with E-state index < -0.39 is 10.1 Å². The highest BCUT2D eigenvalue weighted by Crippen LogP contribution is 2.31. The Bertz CT molecular complexity index is 532. The molecule has 2 rings (SSSR count). The molecule has 0 N–H and O–H groups in total. The third kappa shape index (κ3) is 3.35. The molecule has 1 aliphatic heterocycles. The first-order valence-electron chi connectivity index (χ1n) is 6.62.